The second-order valence-electron chi connectivity index (χ2n) is 6.26. The van der Waals surface area contributed by atoms with Gasteiger partial charge in [0.15, 0.2) is 5.58 Å². The Balaban J connectivity index is 1.77. The molecule has 0 bridgehead atoms. The van der Waals surface area contributed by atoms with Crippen LogP contribution in [0.15, 0.2) is 28.7 Å². The lowest BCUT2D eigenvalue weighted by Gasteiger charge is -2.24. The van der Waals surface area contributed by atoms with Gasteiger partial charge in [0.1, 0.15) is 11.6 Å². The zero-order chi connectivity index (χ0) is 20.1. The Bertz CT molecular complexity index is 813. The molecule has 0 saturated carbocycles. The number of carbonyl (C=O) groups excluding carboxylic acids is 3. The second kappa shape index (κ2) is 8.73. The molecule has 1 aromatic carbocycles. The van der Waals surface area contributed by atoms with Crippen molar-refractivity contribution in [3.8, 4) is 0 Å². The number of nitrogens with one attached hydrogen (secondary N) is 1. The van der Waals surface area contributed by atoms with Crippen LogP contribution in [0.4, 0.5) is 6.01 Å². The van der Waals surface area contributed by atoms with Crippen LogP contribution < -0.4 is 10.2 Å². The summed E-state index contributed by atoms with van der Waals surface area (Å²) in [6, 6.07) is 5.54. The average Bonchev–Trinajstić information content (AvgIpc) is 3.32. The van der Waals surface area contributed by atoms with E-state index in [1.165, 1.54) is 0 Å². The van der Waals surface area contributed by atoms with Gasteiger partial charge in [-0.3, -0.25) is 4.79 Å². The molecule has 0 spiro atoms. The first-order valence-corrected chi connectivity index (χ1v) is 9.31. The topological polar surface area (TPSA) is 111 Å². The Morgan fingerprint density at radius 2 is 1.89 bits per heavy atom. The van der Waals surface area contributed by atoms with Crippen LogP contribution in [0.1, 0.15) is 26.7 Å². The van der Waals surface area contributed by atoms with E-state index in [2.05, 4.69) is 10.3 Å². The molecule has 2 aromatic rings. The summed E-state index contributed by atoms with van der Waals surface area (Å²) in [5.74, 6) is -2.17. The van der Waals surface area contributed by atoms with Crippen LogP contribution in [0.2, 0.25) is 0 Å². The summed E-state index contributed by atoms with van der Waals surface area (Å²) in [7, 11) is 0. The number of nitrogens with zero attached hydrogens (tertiary/aromatic N) is 2. The summed E-state index contributed by atoms with van der Waals surface area (Å²) in [4.78, 5) is 43.2. The van der Waals surface area contributed by atoms with Crippen molar-refractivity contribution in [2.24, 2.45) is 0 Å². The molecule has 2 heterocycles. The molecule has 1 aliphatic heterocycles. The van der Waals surface area contributed by atoms with Crippen molar-refractivity contribution in [2.45, 2.75) is 38.8 Å². The fourth-order valence-electron chi connectivity index (χ4n) is 3.15. The lowest BCUT2D eigenvalue weighted by Crippen LogP contribution is -2.53. The predicted octanol–water partition coefficient (Wildman–Crippen LogP) is 1.41. The molecular weight excluding hydrogens is 366 g/mol. The summed E-state index contributed by atoms with van der Waals surface area (Å²) < 4.78 is 15.5. The number of para-hydroxylation sites is 2. The van der Waals surface area contributed by atoms with Gasteiger partial charge in [0.25, 0.3) is 6.01 Å². The lowest BCUT2D eigenvalue weighted by atomic mass is 10.2. The number of hydrogen-bond donors (Lipinski definition) is 1. The molecule has 150 valence electrons. The number of oxazole rings is 1. The molecule has 1 amide bonds. The summed E-state index contributed by atoms with van der Waals surface area (Å²) in [6.07, 6.45) is 1.29. The van der Waals surface area contributed by atoms with Crippen molar-refractivity contribution in [1.29, 1.82) is 0 Å². The Labute approximate surface area is 162 Å². The molecule has 1 atom stereocenters. The van der Waals surface area contributed by atoms with E-state index >= 15 is 0 Å². The number of rotatable bonds is 7. The monoisotopic (exact) mass is 389 g/mol. The number of esters is 2. The van der Waals surface area contributed by atoms with Gasteiger partial charge >= 0.3 is 11.9 Å². The summed E-state index contributed by atoms with van der Waals surface area (Å²) in [5, 5.41) is 2.46. The molecule has 1 saturated heterocycles. The van der Waals surface area contributed by atoms with Crippen molar-refractivity contribution in [3.63, 3.8) is 0 Å². The maximum Gasteiger partial charge on any atom is 0.340 e. The van der Waals surface area contributed by atoms with E-state index in [0.717, 1.165) is 6.42 Å². The quantitative estimate of drug-likeness (QED) is 0.559. The van der Waals surface area contributed by atoms with Crippen LogP contribution in [0, 0.1) is 0 Å². The third kappa shape index (κ3) is 4.08. The fourth-order valence-corrected chi connectivity index (χ4v) is 3.15. The largest absolute Gasteiger partial charge is 0.464 e. The highest BCUT2D eigenvalue weighted by Gasteiger charge is 2.38. The Morgan fingerprint density at radius 3 is 2.54 bits per heavy atom. The minimum atomic E-state index is -1.50. The minimum Gasteiger partial charge on any atom is -0.464 e. The van der Waals surface area contributed by atoms with Crippen molar-refractivity contribution in [3.05, 3.63) is 24.3 Å². The van der Waals surface area contributed by atoms with Crippen LogP contribution in [0.25, 0.3) is 11.1 Å². The highest BCUT2D eigenvalue weighted by atomic mass is 16.6. The molecule has 1 fully saturated rings. The van der Waals surface area contributed by atoms with Crippen molar-refractivity contribution >= 4 is 35.0 Å². The van der Waals surface area contributed by atoms with Crippen LogP contribution in [-0.4, -0.2) is 54.7 Å². The number of fused-ring (bicyclic) bond motifs is 1. The molecule has 1 aliphatic rings. The van der Waals surface area contributed by atoms with E-state index in [1.54, 1.807) is 24.8 Å². The van der Waals surface area contributed by atoms with Crippen LogP contribution in [0.3, 0.4) is 0 Å². The van der Waals surface area contributed by atoms with Crippen LogP contribution >= 0.6 is 0 Å². The zero-order valence-corrected chi connectivity index (χ0v) is 15.8. The van der Waals surface area contributed by atoms with Gasteiger partial charge in [0.05, 0.1) is 13.2 Å². The molecule has 28 heavy (non-hydrogen) atoms. The first-order chi connectivity index (χ1) is 13.5. The fraction of sp³-hybridized carbons (Fsp3) is 0.474. The lowest BCUT2D eigenvalue weighted by molar-refractivity contribution is -0.159. The molecule has 1 N–H and O–H groups in total. The minimum absolute atomic E-state index is 0.0864. The molecule has 0 radical (unpaired) electrons. The molecule has 9 nitrogen and oxygen atoms in total. The highest BCUT2D eigenvalue weighted by Crippen LogP contribution is 2.28. The maximum atomic E-state index is 12.8. The van der Waals surface area contributed by atoms with E-state index in [1.807, 2.05) is 18.2 Å². The number of hydrogen-bond acceptors (Lipinski definition) is 8. The summed E-state index contributed by atoms with van der Waals surface area (Å²) >= 11 is 0. The number of amides is 1. The van der Waals surface area contributed by atoms with E-state index in [0.29, 0.717) is 30.1 Å². The van der Waals surface area contributed by atoms with E-state index in [9.17, 15) is 14.4 Å². The SMILES string of the molecule is CCOC(=O)C(NC(=O)[C@H]1CCCN1c1nc2ccccc2o1)C(=O)OCC. The molecule has 9 heteroatoms. The first kappa shape index (κ1) is 19.7. The molecular formula is C19H23N3O6. The Morgan fingerprint density at radius 1 is 1.21 bits per heavy atom. The van der Waals surface area contributed by atoms with Gasteiger partial charge in [0.2, 0.25) is 11.9 Å². The number of aromatic nitrogens is 1. The number of ether oxygens (including phenoxy) is 2. The molecule has 0 aliphatic carbocycles. The summed E-state index contributed by atoms with van der Waals surface area (Å²) in [6.45, 7) is 3.99. The van der Waals surface area contributed by atoms with Gasteiger partial charge in [0, 0.05) is 6.54 Å². The predicted molar refractivity (Wildman–Crippen MR) is 99.6 cm³/mol. The first-order valence-electron chi connectivity index (χ1n) is 9.31. The van der Waals surface area contributed by atoms with Gasteiger partial charge in [-0.1, -0.05) is 12.1 Å². The zero-order valence-electron chi connectivity index (χ0n) is 15.8. The third-order valence-corrected chi connectivity index (χ3v) is 4.41. The van der Waals surface area contributed by atoms with Gasteiger partial charge < -0.3 is 24.1 Å². The van der Waals surface area contributed by atoms with Gasteiger partial charge in [-0.05, 0) is 38.8 Å². The van der Waals surface area contributed by atoms with E-state index in [-0.39, 0.29) is 13.2 Å². The normalized spacial score (nSPS) is 16.4. The summed E-state index contributed by atoms with van der Waals surface area (Å²) in [5.41, 5.74) is 1.32. The standard InChI is InChI=1S/C19H23N3O6/c1-3-26-17(24)15(18(25)27-4-2)21-16(23)13-9-7-11-22(13)19-20-12-8-5-6-10-14(12)28-19/h5-6,8,10,13,15H,3-4,7,9,11H2,1-2H3,(H,21,23)/t13-/m1/s1. The van der Waals surface area contributed by atoms with E-state index < -0.39 is 29.9 Å². The van der Waals surface area contributed by atoms with Crippen LogP contribution in [-0.2, 0) is 23.9 Å². The van der Waals surface area contributed by atoms with Gasteiger partial charge in [-0.25, -0.2) is 9.59 Å². The maximum absolute atomic E-state index is 12.8. The highest BCUT2D eigenvalue weighted by molar-refractivity contribution is 6.03. The number of anilines is 1. The van der Waals surface area contributed by atoms with Crippen molar-refractivity contribution < 1.29 is 28.3 Å². The van der Waals surface area contributed by atoms with E-state index in [4.69, 9.17) is 13.9 Å². The third-order valence-electron chi connectivity index (χ3n) is 4.41. The van der Waals surface area contributed by atoms with Gasteiger partial charge in [-0.2, -0.15) is 4.98 Å². The Kier molecular flexibility index (Phi) is 6.13. The molecule has 1 aromatic heterocycles. The van der Waals surface area contributed by atoms with Gasteiger partial charge in [-0.15, -0.1) is 0 Å². The average molecular weight is 389 g/mol. The smallest absolute Gasteiger partial charge is 0.340 e. The molecule has 3 rings (SSSR count). The number of benzene rings is 1. The number of carbonyl (C=O) groups is 3. The molecule has 0 unspecified atom stereocenters. The van der Waals surface area contributed by atoms with Crippen molar-refractivity contribution in [1.82, 2.24) is 10.3 Å². The van der Waals surface area contributed by atoms with Crippen LogP contribution in [0.5, 0.6) is 0 Å². The van der Waals surface area contributed by atoms with Crippen molar-refractivity contribution in [2.75, 3.05) is 24.7 Å². The second-order valence-corrected chi connectivity index (χ2v) is 6.26. The Hall–Kier alpha value is -3.10.